The quantitative estimate of drug-likeness (QED) is 0.761. The van der Waals surface area contributed by atoms with Crippen LogP contribution in [0.4, 0.5) is 13.2 Å². The van der Waals surface area contributed by atoms with Crippen molar-refractivity contribution < 1.29 is 27.4 Å². The van der Waals surface area contributed by atoms with Crippen LogP contribution in [0, 0.1) is 0 Å². The smallest absolute Gasteiger partial charge is 0.389 e. The van der Waals surface area contributed by atoms with Gasteiger partial charge in [-0.05, 0) is 0 Å². The van der Waals surface area contributed by atoms with E-state index in [2.05, 4.69) is 9.97 Å². The zero-order chi connectivity index (χ0) is 13.8. The van der Waals surface area contributed by atoms with Crippen LogP contribution in [0.25, 0.3) is 0 Å². The Morgan fingerprint density at radius 3 is 2.50 bits per heavy atom. The minimum absolute atomic E-state index is 0.110. The van der Waals surface area contributed by atoms with Gasteiger partial charge in [-0.3, -0.25) is 4.79 Å². The highest BCUT2D eigenvalue weighted by molar-refractivity contribution is 5.96. The highest BCUT2D eigenvalue weighted by Gasteiger charge is 2.29. The second-order valence-corrected chi connectivity index (χ2v) is 3.31. The summed E-state index contributed by atoms with van der Waals surface area (Å²) < 4.78 is 45.5. The Morgan fingerprint density at radius 2 is 2.00 bits per heavy atom. The van der Waals surface area contributed by atoms with E-state index in [9.17, 15) is 18.0 Å². The van der Waals surface area contributed by atoms with Crippen molar-refractivity contribution in [3.8, 4) is 11.8 Å². The van der Waals surface area contributed by atoms with Gasteiger partial charge in [-0.15, -0.1) is 0 Å². The molecule has 0 aromatic carbocycles. The van der Waals surface area contributed by atoms with Crippen molar-refractivity contribution in [1.82, 2.24) is 9.97 Å². The summed E-state index contributed by atoms with van der Waals surface area (Å²) in [5.74, 6) is -0.819. The van der Waals surface area contributed by atoms with E-state index in [1.165, 1.54) is 14.2 Å². The normalized spacial score (nSPS) is 11.2. The third kappa shape index (κ3) is 3.86. The molecule has 5 nitrogen and oxygen atoms in total. The van der Waals surface area contributed by atoms with Gasteiger partial charge in [0.05, 0.1) is 26.8 Å². The predicted molar refractivity (Wildman–Crippen MR) is 54.8 cm³/mol. The number of alkyl halides is 3. The minimum atomic E-state index is -4.39. The third-order valence-electron chi connectivity index (χ3n) is 2.02. The monoisotopic (exact) mass is 264 g/mol. The zero-order valence-corrected chi connectivity index (χ0v) is 9.74. The first-order valence-corrected chi connectivity index (χ1v) is 4.92. The van der Waals surface area contributed by atoms with E-state index in [-0.39, 0.29) is 17.5 Å². The molecule has 0 amide bonds. The van der Waals surface area contributed by atoms with Gasteiger partial charge in [-0.2, -0.15) is 18.2 Å². The Morgan fingerprint density at radius 1 is 1.33 bits per heavy atom. The molecule has 0 atom stereocenters. The number of carbonyl (C=O) groups is 1. The third-order valence-corrected chi connectivity index (χ3v) is 2.02. The van der Waals surface area contributed by atoms with Crippen molar-refractivity contribution in [3.63, 3.8) is 0 Å². The van der Waals surface area contributed by atoms with E-state index in [4.69, 9.17) is 9.47 Å². The molecule has 0 N–H and O–H groups in total. The summed E-state index contributed by atoms with van der Waals surface area (Å²) in [6.07, 6.45) is -5.14. The molecule has 0 spiro atoms. The summed E-state index contributed by atoms with van der Waals surface area (Å²) in [4.78, 5) is 19.0. The van der Waals surface area contributed by atoms with Crippen molar-refractivity contribution >= 4 is 5.78 Å². The lowest BCUT2D eigenvalue weighted by Gasteiger charge is -2.08. The van der Waals surface area contributed by atoms with Crippen molar-refractivity contribution in [1.29, 1.82) is 0 Å². The molecular weight excluding hydrogens is 253 g/mol. The van der Waals surface area contributed by atoms with Crippen LogP contribution < -0.4 is 9.47 Å². The number of rotatable bonds is 5. The van der Waals surface area contributed by atoms with Gasteiger partial charge in [0.2, 0.25) is 11.8 Å². The molecular formula is C10H11F3N2O3. The van der Waals surface area contributed by atoms with Gasteiger partial charge in [-0.1, -0.05) is 0 Å². The largest absolute Gasteiger partial charge is 0.480 e. The van der Waals surface area contributed by atoms with Crippen molar-refractivity contribution in [2.75, 3.05) is 14.2 Å². The van der Waals surface area contributed by atoms with Gasteiger partial charge < -0.3 is 9.47 Å². The zero-order valence-electron chi connectivity index (χ0n) is 9.74. The Labute approximate surface area is 101 Å². The highest BCUT2D eigenvalue weighted by atomic mass is 19.4. The maximum absolute atomic E-state index is 12.0. The second kappa shape index (κ2) is 5.65. The van der Waals surface area contributed by atoms with Gasteiger partial charge in [0.1, 0.15) is 0 Å². The summed E-state index contributed by atoms with van der Waals surface area (Å²) in [5, 5.41) is 0. The SMILES string of the molecule is COc1cnc(C(=O)CCC(F)(F)F)c(OC)n1. The van der Waals surface area contributed by atoms with Gasteiger partial charge >= 0.3 is 6.18 Å². The molecule has 18 heavy (non-hydrogen) atoms. The maximum Gasteiger partial charge on any atom is 0.389 e. The molecule has 1 aromatic heterocycles. The molecule has 0 aliphatic rings. The Balaban J connectivity index is 2.85. The van der Waals surface area contributed by atoms with Gasteiger partial charge in [0.15, 0.2) is 11.5 Å². The number of ether oxygens (including phenoxy) is 2. The van der Waals surface area contributed by atoms with Crippen LogP contribution in [0.5, 0.6) is 11.8 Å². The molecule has 1 aromatic rings. The number of carbonyl (C=O) groups excluding carboxylic acids is 1. The summed E-state index contributed by atoms with van der Waals surface area (Å²) in [7, 11) is 2.58. The van der Waals surface area contributed by atoms with Gasteiger partial charge in [0, 0.05) is 6.42 Å². The molecule has 1 heterocycles. The van der Waals surface area contributed by atoms with Crippen molar-refractivity contribution in [3.05, 3.63) is 11.9 Å². The first-order chi connectivity index (χ1) is 8.37. The fourth-order valence-electron chi connectivity index (χ4n) is 1.16. The first kappa shape index (κ1) is 14.2. The van der Waals surface area contributed by atoms with E-state index < -0.39 is 24.8 Å². The van der Waals surface area contributed by atoms with E-state index in [1.807, 2.05) is 0 Å². The Bertz CT molecular complexity index is 435. The lowest BCUT2D eigenvalue weighted by atomic mass is 10.1. The average Bonchev–Trinajstić information content (AvgIpc) is 2.34. The van der Waals surface area contributed by atoms with Crippen molar-refractivity contribution in [2.24, 2.45) is 0 Å². The average molecular weight is 264 g/mol. The van der Waals surface area contributed by atoms with Crippen LogP contribution in [0.1, 0.15) is 23.3 Å². The molecule has 8 heteroatoms. The first-order valence-electron chi connectivity index (χ1n) is 4.92. The van der Waals surface area contributed by atoms with E-state index >= 15 is 0 Å². The highest BCUT2D eigenvalue weighted by Crippen LogP contribution is 2.24. The number of nitrogens with zero attached hydrogens (tertiary/aromatic N) is 2. The van der Waals surface area contributed by atoms with E-state index in [1.54, 1.807) is 0 Å². The maximum atomic E-state index is 12.0. The Kier molecular flexibility index (Phi) is 4.46. The summed E-state index contributed by atoms with van der Waals surface area (Å²) in [5.41, 5.74) is -0.234. The molecule has 0 bridgehead atoms. The number of hydrogen-bond donors (Lipinski definition) is 0. The molecule has 0 unspecified atom stereocenters. The van der Waals surface area contributed by atoms with Crippen LogP contribution in [-0.2, 0) is 0 Å². The van der Waals surface area contributed by atoms with E-state index in [0.717, 1.165) is 6.20 Å². The number of Topliss-reactive ketones (excluding diaryl/α,β-unsaturated/α-hetero) is 1. The summed E-state index contributed by atoms with van der Waals surface area (Å²) >= 11 is 0. The molecule has 0 aliphatic carbocycles. The summed E-state index contributed by atoms with van der Waals surface area (Å²) in [6, 6.07) is 0. The summed E-state index contributed by atoms with van der Waals surface area (Å²) in [6.45, 7) is 0. The van der Waals surface area contributed by atoms with E-state index in [0.29, 0.717) is 0 Å². The predicted octanol–water partition coefficient (Wildman–Crippen LogP) is 2.02. The number of aromatic nitrogens is 2. The number of methoxy groups -OCH3 is 2. The van der Waals surface area contributed by atoms with Crippen LogP contribution in [0.2, 0.25) is 0 Å². The molecule has 0 aliphatic heterocycles. The fourth-order valence-corrected chi connectivity index (χ4v) is 1.16. The topological polar surface area (TPSA) is 61.3 Å². The van der Waals surface area contributed by atoms with Gasteiger partial charge in [0.25, 0.3) is 0 Å². The Hall–Kier alpha value is -1.86. The van der Waals surface area contributed by atoms with Crippen LogP contribution in [0.3, 0.4) is 0 Å². The molecule has 0 radical (unpaired) electrons. The fraction of sp³-hybridized carbons (Fsp3) is 0.500. The van der Waals surface area contributed by atoms with Crippen LogP contribution in [-0.4, -0.2) is 36.1 Å². The lowest BCUT2D eigenvalue weighted by Crippen LogP contribution is -2.13. The molecule has 1 rings (SSSR count). The number of hydrogen-bond acceptors (Lipinski definition) is 5. The molecule has 100 valence electrons. The van der Waals surface area contributed by atoms with Crippen LogP contribution >= 0.6 is 0 Å². The molecule has 0 saturated carbocycles. The standard InChI is InChI=1S/C10H11F3N2O3/c1-17-7-5-14-8(9(15-7)18-2)6(16)3-4-10(11,12)13/h5H,3-4H2,1-2H3. The molecule has 0 saturated heterocycles. The number of halogens is 3. The second-order valence-electron chi connectivity index (χ2n) is 3.31. The minimum Gasteiger partial charge on any atom is -0.480 e. The lowest BCUT2D eigenvalue weighted by molar-refractivity contribution is -0.133. The van der Waals surface area contributed by atoms with Crippen LogP contribution in [0.15, 0.2) is 6.20 Å². The molecule has 0 fully saturated rings. The van der Waals surface area contributed by atoms with Crippen molar-refractivity contribution in [2.45, 2.75) is 19.0 Å². The van der Waals surface area contributed by atoms with Gasteiger partial charge in [-0.25, -0.2) is 4.98 Å². The number of ketones is 1.